The largest absolute Gasteiger partial charge is 0.389 e. The van der Waals surface area contributed by atoms with E-state index in [0.717, 1.165) is 17.1 Å². The lowest BCUT2D eigenvalue weighted by Gasteiger charge is -2.03. The molecule has 3 heteroatoms. The molecule has 1 fully saturated rings. The Morgan fingerprint density at radius 3 is 2.67 bits per heavy atom. The minimum absolute atomic E-state index is 0.644. The fraction of sp³-hybridized carbons (Fsp3) is 0.750. The Morgan fingerprint density at radius 2 is 2.07 bits per heavy atom. The molecule has 1 aliphatic carbocycles. The molecule has 15 heavy (non-hydrogen) atoms. The first-order valence-corrected chi connectivity index (χ1v) is 6.73. The normalized spacial score (nSPS) is 17.8. The lowest BCUT2D eigenvalue weighted by molar-refractivity contribution is 0.632. The van der Waals surface area contributed by atoms with Crippen molar-refractivity contribution < 1.29 is 0 Å². The summed E-state index contributed by atoms with van der Waals surface area (Å²) in [6, 6.07) is 0. The van der Waals surface area contributed by atoms with E-state index in [1.165, 1.54) is 30.7 Å². The van der Waals surface area contributed by atoms with Crippen LogP contribution in [0.1, 0.15) is 56.2 Å². The van der Waals surface area contributed by atoms with Gasteiger partial charge in [-0.15, -0.1) is 11.3 Å². The summed E-state index contributed by atoms with van der Waals surface area (Å²) in [7, 11) is 0. The molecule has 0 saturated heterocycles. The molecule has 1 aromatic rings. The van der Waals surface area contributed by atoms with Crippen LogP contribution in [0.5, 0.6) is 0 Å². The molecule has 2 N–H and O–H groups in total. The standard InChI is InChI=1S/C12H20N2S/c1-8(2)7-10-11(13)15-12(14-10)9-5-3-4-6-9/h8-9H,3-7,13H2,1-2H3. The van der Waals surface area contributed by atoms with E-state index < -0.39 is 0 Å². The van der Waals surface area contributed by atoms with E-state index in [2.05, 4.69) is 13.8 Å². The Labute approximate surface area is 95.9 Å². The monoisotopic (exact) mass is 224 g/mol. The summed E-state index contributed by atoms with van der Waals surface area (Å²) in [5.74, 6) is 1.35. The highest BCUT2D eigenvalue weighted by molar-refractivity contribution is 7.15. The SMILES string of the molecule is CC(C)Cc1nc(C2CCCC2)sc1N. The lowest BCUT2D eigenvalue weighted by atomic mass is 10.1. The van der Waals surface area contributed by atoms with Gasteiger partial charge in [-0.3, -0.25) is 0 Å². The van der Waals surface area contributed by atoms with Gasteiger partial charge in [-0.2, -0.15) is 0 Å². The quantitative estimate of drug-likeness (QED) is 0.852. The molecule has 0 amide bonds. The molecule has 2 rings (SSSR count). The van der Waals surface area contributed by atoms with Crippen LogP contribution in [-0.4, -0.2) is 4.98 Å². The third kappa shape index (κ3) is 2.51. The number of thiazole rings is 1. The van der Waals surface area contributed by atoms with Gasteiger partial charge in [-0.05, 0) is 25.2 Å². The number of rotatable bonds is 3. The summed E-state index contributed by atoms with van der Waals surface area (Å²) in [5, 5.41) is 2.24. The topological polar surface area (TPSA) is 38.9 Å². The third-order valence-corrected chi connectivity index (χ3v) is 4.14. The number of hydrogen-bond donors (Lipinski definition) is 1. The molecule has 0 atom stereocenters. The molecular formula is C12H20N2S. The van der Waals surface area contributed by atoms with Crippen LogP contribution < -0.4 is 5.73 Å². The smallest absolute Gasteiger partial charge is 0.109 e. The van der Waals surface area contributed by atoms with E-state index in [9.17, 15) is 0 Å². The van der Waals surface area contributed by atoms with Crippen LogP contribution in [-0.2, 0) is 6.42 Å². The third-order valence-electron chi connectivity index (χ3n) is 3.05. The van der Waals surface area contributed by atoms with Gasteiger partial charge in [-0.25, -0.2) is 4.98 Å². The Kier molecular flexibility index (Phi) is 3.29. The second-order valence-corrected chi connectivity index (χ2v) is 6.00. The Balaban J connectivity index is 2.12. The van der Waals surface area contributed by atoms with Gasteiger partial charge in [0.1, 0.15) is 5.00 Å². The van der Waals surface area contributed by atoms with Gasteiger partial charge in [0.15, 0.2) is 0 Å². The van der Waals surface area contributed by atoms with E-state index in [1.807, 2.05) is 0 Å². The molecule has 0 unspecified atom stereocenters. The van der Waals surface area contributed by atoms with Crippen molar-refractivity contribution in [3.8, 4) is 0 Å². The van der Waals surface area contributed by atoms with Gasteiger partial charge >= 0.3 is 0 Å². The van der Waals surface area contributed by atoms with Crippen molar-refractivity contribution in [3.63, 3.8) is 0 Å². The minimum Gasteiger partial charge on any atom is -0.389 e. The van der Waals surface area contributed by atoms with Crippen LogP contribution in [0.2, 0.25) is 0 Å². The molecule has 0 aromatic carbocycles. The molecule has 1 aliphatic rings. The van der Waals surface area contributed by atoms with E-state index in [1.54, 1.807) is 11.3 Å². The van der Waals surface area contributed by atoms with Crippen molar-refractivity contribution in [1.82, 2.24) is 4.98 Å². The van der Waals surface area contributed by atoms with Gasteiger partial charge in [0, 0.05) is 5.92 Å². The van der Waals surface area contributed by atoms with E-state index in [-0.39, 0.29) is 0 Å². The molecule has 0 bridgehead atoms. The van der Waals surface area contributed by atoms with Crippen LogP contribution in [0.3, 0.4) is 0 Å². The highest BCUT2D eigenvalue weighted by Gasteiger charge is 2.21. The summed E-state index contributed by atoms with van der Waals surface area (Å²) >= 11 is 1.72. The summed E-state index contributed by atoms with van der Waals surface area (Å²) in [5.41, 5.74) is 7.15. The fourth-order valence-corrected chi connectivity index (χ4v) is 3.29. The predicted molar refractivity (Wildman–Crippen MR) is 66.3 cm³/mol. The number of nitrogens with two attached hydrogens (primary N) is 1. The molecule has 0 radical (unpaired) electrons. The molecule has 1 saturated carbocycles. The zero-order valence-corrected chi connectivity index (χ0v) is 10.4. The number of hydrogen-bond acceptors (Lipinski definition) is 3. The van der Waals surface area contributed by atoms with Crippen LogP contribution in [0.25, 0.3) is 0 Å². The average molecular weight is 224 g/mol. The van der Waals surface area contributed by atoms with Gasteiger partial charge in [-0.1, -0.05) is 26.7 Å². The van der Waals surface area contributed by atoms with Crippen molar-refractivity contribution in [2.45, 2.75) is 51.9 Å². The van der Waals surface area contributed by atoms with E-state index in [4.69, 9.17) is 10.7 Å². The minimum atomic E-state index is 0.644. The predicted octanol–water partition coefficient (Wildman–Crippen LogP) is 3.58. The molecule has 84 valence electrons. The summed E-state index contributed by atoms with van der Waals surface area (Å²) in [6.45, 7) is 4.43. The van der Waals surface area contributed by atoms with E-state index in [0.29, 0.717) is 11.8 Å². The van der Waals surface area contributed by atoms with Crippen LogP contribution in [0.15, 0.2) is 0 Å². The highest BCUT2D eigenvalue weighted by atomic mass is 32.1. The maximum atomic E-state index is 6.01. The molecule has 0 spiro atoms. The number of anilines is 1. The lowest BCUT2D eigenvalue weighted by Crippen LogP contribution is -1.98. The Hall–Kier alpha value is -0.570. The summed E-state index contributed by atoms with van der Waals surface area (Å²) in [6.07, 6.45) is 6.38. The van der Waals surface area contributed by atoms with Crippen molar-refractivity contribution in [2.75, 3.05) is 5.73 Å². The second kappa shape index (κ2) is 4.52. The fourth-order valence-electron chi connectivity index (χ4n) is 2.26. The van der Waals surface area contributed by atoms with Crippen molar-refractivity contribution in [2.24, 2.45) is 5.92 Å². The van der Waals surface area contributed by atoms with Gasteiger partial charge in [0.2, 0.25) is 0 Å². The zero-order valence-electron chi connectivity index (χ0n) is 9.62. The first kappa shape index (κ1) is 10.9. The summed E-state index contributed by atoms with van der Waals surface area (Å²) < 4.78 is 0. The van der Waals surface area contributed by atoms with Crippen LogP contribution in [0, 0.1) is 5.92 Å². The molecule has 2 nitrogen and oxygen atoms in total. The first-order valence-electron chi connectivity index (χ1n) is 5.92. The second-order valence-electron chi connectivity index (χ2n) is 4.94. The highest BCUT2D eigenvalue weighted by Crippen LogP contribution is 2.38. The van der Waals surface area contributed by atoms with Crippen LogP contribution in [0.4, 0.5) is 5.00 Å². The molecular weight excluding hydrogens is 204 g/mol. The van der Waals surface area contributed by atoms with Gasteiger partial charge in [0.05, 0.1) is 10.7 Å². The maximum absolute atomic E-state index is 6.01. The van der Waals surface area contributed by atoms with Crippen LogP contribution >= 0.6 is 11.3 Å². The van der Waals surface area contributed by atoms with E-state index >= 15 is 0 Å². The Bertz CT molecular complexity index is 324. The number of nitrogen functional groups attached to an aromatic ring is 1. The van der Waals surface area contributed by atoms with Crippen molar-refractivity contribution in [3.05, 3.63) is 10.7 Å². The molecule has 1 heterocycles. The zero-order chi connectivity index (χ0) is 10.8. The molecule has 1 aromatic heterocycles. The van der Waals surface area contributed by atoms with Crippen molar-refractivity contribution in [1.29, 1.82) is 0 Å². The Morgan fingerprint density at radius 1 is 1.40 bits per heavy atom. The van der Waals surface area contributed by atoms with Gasteiger partial charge < -0.3 is 5.73 Å². The summed E-state index contributed by atoms with van der Waals surface area (Å²) in [4.78, 5) is 4.73. The number of aromatic nitrogens is 1. The number of nitrogens with zero attached hydrogens (tertiary/aromatic N) is 1. The van der Waals surface area contributed by atoms with Crippen molar-refractivity contribution >= 4 is 16.3 Å². The maximum Gasteiger partial charge on any atom is 0.109 e. The first-order chi connectivity index (χ1) is 7.16. The van der Waals surface area contributed by atoms with Gasteiger partial charge in [0.25, 0.3) is 0 Å². The average Bonchev–Trinajstić information content (AvgIpc) is 2.75. The molecule has 0 aliphatic heterocycles.